The third-order valence-corrected chi connectivity index (χ3v) is 7.34. The molecule has 0 aromatic heterocycles. The number of rotatable bonds is 4. The molecule has 26 heavy (non-hydrogen) atoms. The molecular weight excluding hydrogens is 337 g/mol. The lowest BCUT2D eigenvalue weighted by Gasteiger charge is -2.22. The van der Waals surface area contributed by atoms with Gasteiger partial charge in [-0.05, 0) is 35.8 Å². The van der Waals surface area contributed by atoms with E-state index in [0.29, 0.717) is 12.0 Å². The summed E-state index contributed by atoms with van der Waals surface area (Å²) in [6.45, 7) is 5.21. The smallest absolute Gasteiger partial charge is 0.195 e. The van der Waals surface area contributed by atoms with Gasteiger partial charge in [0.2, 0.25) is 0 Å². The standard InChI is InChI=1S/C23H24NOP/c1-17(2)21-16-25-23(24-21)20-14-9-15-22(20)26(18-10-5-3-6-11-18)19-12-7-4-8-13-19/h3-15,17,21,24H,16H2,1-2H3/b23-20-. The van der Waals surface area contributed by atoms with Gasteiger partial charge in [-0.1, -0.05) is 86.7 Å². The Labute approximate surface area is 157 Å². The number of hydrogen-bond acceptors (Lipinski definition) is 2. The zero-order valence-electron chi connectivity index (χ0n) is 15.2. The van der Waals surface area contributed by atoms with Crippen LogP contribution in [0.3, 0.4) is 0 Å². The van der Waals surface area contributed by atoms with Crippen molar-refractivity contribution >= 4 is 18.5 Å². The Kier molecular flexibility index (Phi) is 4.95. The van der Waals surface area contributed by atoms with Crippen LogP contribution >= 0.6 is 7.92 Å². The first-order valence-corrected chi connectivity index (χ1v) is 10.5. The first kappa shape index (κ1) is 17.1. The van der Waals surface area contributed by atoms with E-state index in [2.05, 4.69) is 98.1 Å². The molecule has 2 aromatic carbocycles. The van der Waals surface area contributed by atoms with E-state index in [1.54, 1.807) is 0 Å². The Morgan fingerprint density at radius 3 is 2.12 bits per heavy atom. The van der Waals surface area contributed by atoms with Gasteiger partial charge in [-0.25, -0.2) is 0 Å². The Bertz CT molecular complexity index is 813. The van der Waals surface area contributed by atoms with Crippen LogP contribution in [0.15, 0.2) is 95.7 Å². The van der Waals surface area contributed by atoms with Crippen LogP contribution in [0.1, 0.15) is 13.8 Å². The highest BCUT2D eigenvalue weighted by Gasteiger charge is 2.30. The Morgan fingerprint density at radius 1 is 0.962 bits per heavy atom. The minimum absolute atomic E-state index is 0.382. The first-order valence-electron chi connectivity index (χ1n) is 9.16. The minimum atomic E-state index is -0.616. The average Bonchev–Trinajstić information content (AvgIpc) is 3.33. The largest absolute Gasteiger partial charge is 0.477 e. The van der Waals surface area contributed by atoms with Crippen molar-refractivity contribution in [3.63, 3.8) is 0 Å². The molecule has 0 amide bonds. The highest BCUT2D eigenvalue weighted by molar-refractivity contribution is 7.77. The van der Waals surface area contributed by atoms with Gasteiger partial charge in [-0.15, -0.1) is 0 Å². The van der Waals surface area contributed by atoms with Crippen LogP contribution < -0.4 is 15.9 Å². The van der Waals surface area contributed by atoms with Crippen LogP contribution in [0.25, 0.3) is 0 Å². The van der Waals surface area contributed by atoms with E-state index < -0.39 is 7.92 Å². The molecule has 1 aliphatic carbocycles. The van der Waals surface area contributed by atoms with E-state index in [-0.39, 0.29) is 0 Å². The van der Waals surface area contributed by atoms with Crippen LogP contribution in [0.2, 0.25) is 0 Å². The van der Waals surface area contributed by atoms with Crippen molar-refractivity contribution in [2.75, 3.05) is 6.61 Å². The molecule has 4 rings (SSSR count). The molecule has 0 radical (unpaired) electrons. The number of benzene rings is 2. The zero-order valence-corrected chi connectivity index (χ0v) is 16.1. The number of nitrogens with one attached hydrogen (secondary N) is 1. The van der Waals surface area contributed by atoms with Crippen LogP contribution in [0.4, 0.5) is 0 Å². The van der Waals surface area contributed by atoms with Gasteiger partial charge in [0.15, 0.2) is 5.88 Å². The third-order valence-electron chi connectivity index (χ3n) is 4.84. The zero-order chi connectivity index (χ0) is 17.9. The molecule has 1 atom stereocenters. The molecule has 0 saturated carbocycles. The number of hydrogen-bond donors (Lipinski definition) is 1. The monoisotopic (exact) mass is 361 g/mol. The van der Waals surface area contributed by atoms with Crippen molar-refractivity contribution in [3.05, 3.63) is 95.7 Å². The molecule has 1 fully saturated rings. The first-order chi connectivity index (χ1) is 12.7. The molecule has 1 aliphatic heterocycles. The van der Waals surface area contributed by atoms with Crippen molar-refractivity contribution in [3.8, 4) is 0 Å². The third kappa shape index (κ3) is 3.34. The molecule has 1 saturated heterocycles. The lowest BCUT2D eigenvalue weighted by molar-refractivity contribution is 0.242. The van der Waals surface area contributed by atoms with Gasteiger partial charge < -0.3 is 10.1 Å². The van der Waals surface area contributed by atoms with E-state index in [0.717, 1.165) is 12.5 Å². The maximum absolute atomic E-state index is 6.05. The Hall–Kier alpha value is -2.31. The average molecular weight is 361 g/mol. The Balaban J connectivity index is 1.75. The summed E-state index contributed by atoms with van der Waals surface area (Å²) in [7, 11) is -0.616. The van der Waals surface area contributed by atoms with E-state index in [1.807, 2.05) is 0 Å². The highest BCUT2D eigenvalue weighted by atomic mass is 31.1. The van der Waals surface area contributed by atoms with E-state index in [1.165, 1.54) is 21.5 Å². The maximum Gasteiger partial charge on any atom is 0.195 e. The topological polar surface area (TPSA) is 21.3 Å². The summed E-state index contributed by atoms with van der Waals surface area (Å²) in [6.07, 6.45) is 6.58. The van der Waals surface area contributed by atoms with Gasteiger partial charge in [-0.3, -0.25) is 0 Å². The number of ether oxygens (including phenoxy) is 1. The summed E-state index contributed by atoms with van der Waals surface area (Å²) in [4.78, 5) is 0. The van der Waals surface area contributed by atoms with Gasteiger partial charge in [-0.2, -0.15) is 0 Å². The molecule has 1 unspecified atom stereocenters. The second-order valence-electron chi connectivity index (χ2n) is 6.97. The predicted molar refractivity (Wildman–Crippen MR) is 111 cm³/mol. The molecule has 1 heterocycles. The SMILES string of the molecule is CC(C)C1CO/C(=C2/C=CC=C2P(c2ccccc2)c2ccccc2)N1. The summed E-state index contributed by atoms with van der Waals surface area (Å²) >= 11 is 0. The lowest BCUT2D eigenvalue weighted by Crippen LogP contribution is -2.28. The fraction of sp³-hybridized carbons (Fsp3) is 0.217. The van der Waals surface area contributed by atoms with Crippen molar-refractivity contribution in [2.24, 2.45) is 5.92 Å². The second-order valence-corrected chi connectivity index (χ2v) is 9.15. The van der Waals surface area contributed by atoms with Crippen molar-refractivity contribution in [2.45, 2.75) is 19.9 Å². The lowest BCUT2D eigenvalue weighted by atomic mass is 10.1. The maximum atomic E-state index is 6.05. The van der Waals surface area contributed by atoms with Crippen LogP contribution in [0.5, 0.6) is 0 Å². The normalized spacial score (nSPS) is 21.8. The van der Waals surface area contributed by atoms with Crippen LogP contribution in [-0.4, -0.2) is 12.6 Å². The highest BCUT2D eigenvalue weighted by Crippen LogP contribution is 2.49. The van der Waals surface area contributed by atoms with Gasteiger partial charge in [0.25, 0.3) is 0 Å². The molecule has 1 N–H and O–H groups in total. The molecule has 2 nitrogen and oxygen atoms in total. The van der Waals surface area contributed by atoms with E-state index >= 15 is 0 Å². The summed E-state index contributed by atoms with van der Waals surface area (Å²) in [5, 5.41) is 7.67. The van der Waals surface area contributed by atoms with Gasteiger partial charge in [0.1, 0.15) is 6.61 Å². The molecule has 3 heteroatoms. The fourth-order valence-corrected chi connectivity index (χ4v) is 5.77. The van der Waals surface area contributed by atoms with Crippen molar-refractivity contribution in [1.29, 1.82) is 0 Å². The predicted octanol–water partition coefficient (Wildman–Crippen LogP) is 4.43. The van der Waals surface area contributed by atoms with E-state index in [9.17, 15) is 0 Å². The van der Waals surface area contributed by atoms with Crippen LogP contribution in [-0.2, 0) is 4.74 Å². The summed E-state index contributed by atoms with van der Waals surface area (Å²) in [5.74, 6) is 1.48. The van der Waals surface area contributed by atoms with E-state index in [4.69, 9.17) is 4.74 Å². The molecule has 0 spiro atoms. The Morgan fingerprint density at radius 2 is 1.58 bits per heavy atom. The summed E-state index contributed by atoms with van der Waals surface area (Å²) in [6, 6.07) is 22.0. The summed E-state index contributed by atoms with van der Waals surface area (Å²) in [5.41, 5.74) is 1.20. The second kappa shape index (κ2) is 7.51. The fourth-order valence-electron chi connectivity index (χ4n) is 3.32. The molecular formula is C23H24NOP. The quantitative estimate of drug-likeness (QED) is 0.814. The van der Waals surface area contributed by atoms with Gasteiger partial charge in [0.05, 0.1) is 6.04 Å². The molecule has 132 valence electrons. The molecule has 2 aliphatic rings. The van der Waals surface area contributed by atoms with Crippen molar-refractivity contribution < 1.29 is 4.74 Å². The van der Waals surface area contributed by atoms with Crippen LogP contribution in [0, 0.1) is 5.92 Å². The van der Waals surface area contributed by atoms with Gasteiger partial charge >= 0.3 is 0 Å². The molecule has 2 aromatic rings. The summed E-state index contributed by atoms with van der Waals surface area (Å²) < 4.78 is 6.05. The minimum Gasteiger partial charge on any atom is -0.477 e. The molecule has 0 bridgehead atoms. The van der Waals surface area contributed by atoms with Crippen molar-refractivity contribution in [1.82, 2.24) is 5.32 Å². The van der Waals surface area contributed by atoms with Gasteiger partial charge in [0, 0.05) is 5.57 Å². The number of allylic oxidation sites excluding steroid dienone is 5.